The third-order valence-corrected chi connectivity index (χ3v) is 6.02. The molecule has 3 rings (SSSR count). The molecule has 1 saturated heterocycles. The number of rotatable bonds is 8. The first-order valence-electron chi connectivity index (χ1n) is 11.5. The summed E-state index contributed by atoms with van der Waals surface area (Å²) in [6.07, 6.45) is 1.55. The van der Waals surface area contributed by atoms with Crippen LogP contribution in [0.15, 0.2) is 42.5 Å². The van der Waals surface area contributed by atoms with Crippen molar-refractivity contribution in [1.82, 2.24) is 9.80 Å². The lowest BCUT2D eigenvalue weighted by molar-refractivity contribution is -0.114. The van der Waals surface area contributed by atoms with Crippen molar-refractivity contribution in [3.8, 4) is 11.5 Å². The van der Waals surface area contributed by atoms with Gasteiger partial charge in [-0.15, -0.1) is 0 Å². The summed E-state index contributed by atoms with van der Waals surface area (Å²) in [7, 11) is 3.76. The van der Waals surface area contributed by atoms with Crippen molar-refractivity contribution in [2.24, 2.45) is 0 Å². The Morgan fingerprint density at radius 1 is 1.09 bits per heavy atom. The van der Waals surface area contributed by atoms with E-state index in [0.29, 0.717) is 30.4 Å². The Hall–Kier alpha value is -3.06. The van der Waals surface area contributed by atoms with Crippen LogP contribution >= 0.6 is 0 Å². The number of carbonyl (C=O) groups is 2. The van der Waals surface area contributed by atoms with Crippen molar-refractivity contribution >= 4 is 17.5 Å². The molecule has 0 unspecified atom stereocenters. The number of nitrogens with zero attached hydrogens (tertiary/aromatic N) is 2. The van der Waals surface area contributed by atoms with Gasteiger partial charge < -0.3 is 19.7 Å². The highest BCUT2D eigenvalue weighted by molar-refractivity contribution is 5.95. The molecule has 0 radical (unpaired) electrons. The molecular weight excluding hydrogens is 418 g/mol. The lowest BCUT2D eigenvalue weighted by Gasteiger charge is -2.32. The van der Waals surface area contributed by atoms with Crippen LogP contribution in [0, 0.1) is 0 Å². The average molecular weight is 454 g/mol. The molecule has 0 atom stereocenters. The third kappa shape index (κ3) is 6.71. The Labute approximate surface area is 196 Å². The van der Waals surface area contributed by atoms with E-state index in [1.807, 2.05) is 11.0 Å². The molecule has 0 bridgehead atoms. The van der Waals surface area contributed by atoms with Gasteiger partial charge in [-0.25, -0.2) is 0 Å². The van der Waals surface area contributed by atoms with Crippen molar-refractivity contribution in [3.05, 3.63) is 53.6 Å². The van der Waals surface area contributed by atoms with Gasteiger partial charge in [0.05, 0.1) is 7.11 Å². The molecule has 33 heavy (non-hydrogen) atoms. The summed E-state index contributed by atoms with van der Waals surface area (Å²) in [6, 6.07) is 13.6. The number of hydrogen-bond acceptors (Lipinski definition) is 5. The zero-order valence-corrected chi connectivity index (χ0v) is 20.3. The predicted octanol–water partition coefficient (Wildman–Crippen LogP) is 4.18. The highest BCUT2D eigenvalue weighted by Gasteiger charge is 2.25. The van der Waals surface area contributed by atoms with Gasteiger partial charge in [-0.1, -0.05) is 6.07 Å². The quantitative estimate of drug-likeness (QED) is 0.649. The number of ether oxygens (including phenoxy) is 2. The first-order chi connectivity index (χ1) is 15.8. The van der Waals surface area contributed by atoms with E-state index in [-0.39, 0.29) is 17.9 Å². The van der Waals surface area contributed by atoms with E-state index in [1.165, 1.54) is 12.5 Å². The summed E-state index contributed by atoms with van der Waals surface area (Å²) in [5.41, 5.74) is 2.48. The third-order valence-electron chi connectivity index (χ3n) is 6.02. The number of amides is 2. The molecule has 7 nitrogen and oxygen atoms in total. The van der Waals surface area contributed by atoms with Gasteiger partial charge in [0, 0.05) is 56.7 Å². The number of piperidine rings is 1. The van der Waals surface area contributed by atoms with Crippen molar-refractivity contribution in [2.75, 3.05) is 32.6 Å². The van der Waals surface area contributed by atoms with Crippen molar-refractivity contribution in [1.29, 1.82) is 0 Å². The minimum Gasteiger partial charge on any atom is -0.493 e. The molecule has 1 heterocycles. The molecule has 0 aliphatic carbocycles. The molecular formula is C26H35N3O4. The summed E-state index contributed by atoms with van der Waals surface area (Å²) in [5, 5.41) is 2.72. The second-order valence-corrected chi connectivity index (χ2v) is 8.86. The number of nitrogens with one attached hydrogen (secondary N) is 1. The molecule has 2 aromatic carbocycles. The molecule has 1 aliphatic heterocycles. The molecule has 1 fully saturated rings. The van der Waals surface area contributed by atoms with E-state index in [2.05, 4.69) is 43.2 Å². The van der Waals surface area contributed by atoms with Gasteiger partial charge >= 0.3 is 0 Å². The summed E-state index contributed by atoms with van der Waals surface area (Å²) in [6.45, 7) is 7.91. The highest BCUT2D eigenvalue weighted by Crippen LogP contribution is 2.31. The molecule has 7 heteroatoms. The van der Waals surface area contributed by atoms with Gasteiger partial charge in [-0.3, -0.25) is 14.5 Å². The van der Waals surface area contributed by atoms with E-state index < -0.39 is 0 Å². The molecule has 0 spiro atoms. The van der Waals surface area contributed by atoms with Crippen LogP contribution in [0.25, 0.3) is 0 Å². The SMILES string of the molecule is COc1ccc(CN(C)C(C)C)cc1OC1CCN(C(=O)c2ccc(NC(C)=O)cc2)CC1. The molecule has 1 aliphatic rings. The van der Waals surface area contributed by atoms with Crippen LogP contribution in [0.5, 0.6) is 11.5 Å². The van der Waals surface area contributed by atoms with Crippen molar-refractivity contribution in [2.45, 2.75) is 52.3 Å². The van der Waals surface area contributed by atoms with Crippen LogP contribution in [0.2, 0.25) is 0 Å². The zero-order valence-electron chi connectivity index (χ0n) is 20.3. The Balaban J connectivity index is 1.58. The lowest BCUT2D eigenvalue weighted by atomic mass is 10.1. The van der Waals surface area contributed by atoms with E-state index in [4.69, 9.17) is 9.47 Å². The second kappa shape index (κ2) is 11.2. The monoisotopic (exact) mass is 453 g/mol. The van der Waals surface area contributed by atoms with Gasteiger partial charge in [-0.05, 0) is 62.9 Å². The Kier molecular flexibility index (Phi) is 8.33. The van der Waals surface area contributed by atoms with Crippen LogP contribution < -0.4 is 14.8 Å². The highest BCUT2D eigenvalue weighted by atomic mass is 16.5. The van der Waals surface area contributed by atoms with E-state index >= 15 is 0 Å². The number of methoxy groups -OCH3 is 1. The summed E-state index contributed by atoms with van der Waals surface area (Å²) in [4.78, 5) is 28.2. The van der Waals surface area contributed by atoms with Gasteiger partial charge in [-0.2, -0.15) is 0 Å². The maximum absolute atomic E-state index is 12.9. The molecule has 1 N–H and O–H groups in total. The Morgan fingerprint density at radius 2 is 1.76 bits per heavy atom. The van der Waals surface area contributed by atoms with Gasteiger partial charge in [0.1, 0.15) is 6.10 Å². The Morgan fingerprint density at radius 3 is 2.33 bits per heavy atom. The number of anilines is 1. The molecule has 2 amide bonds. The number of likely N-dealkylation sites (tertiary alicyclic amines) is 1. The maximum atomic E-state index is 12.9. The zero-order chi connectivity index (χ0) is 24.0. The maximum Gasteiger partial charge on any atom is 0.253 e. The first-order valence-corrected chi connectivity index (χ1v) is 11.5. The van der Waals surface area contributed by atoms with Crippen LogP contribution in [0.3, 0.4) is 0 Å². The van der Waals surface area contributed by atoms with E-state index in [9.17, 15) is 9.59 Å². The normalized spacial score (nSPS) is 14.5. The fraction of sp³-hybridized carbons (Fsp3) is 0.462. The van der Waals surface area contributed by atoms with Crippen LogP contribution in [-0.2, 0) is 11.3 Å². The van der Waals surface area contributed by atoms with E-state index in [0.717, 1.165) is 30.9 Å². The summed E-state index contributed by atoms with van der Waals surface area (Å²) >= 11 is 0. The van der Waals surface area contributed by atoms with Gasteiger partial charge in [0.15, 0.2) is 11.5 Å². The predicted molar refractivity (Wildman–Crippen MR) is 130 cm³/mol. The van der Waals surface area contributed by atoms with Crippen LogP contribution in [-0.4, -0.2) is 61.0 Å². The number of hydrogen-bond donors (Lipinski definition) is 1. The average Bonchev–Trinajstić information content (AvgIpc) is 2.79. The topological polar surface area (TPSA) is 71.1 Å². The smallest absolute Gasteiger partial charge is 0.253 e. The number of carbonyl (C=O) groups excluding carboxylic acids is 2. The van der Waals surface area contributed by atoms with Crippen molar-refractivity contribution in [3.63, 3.8) is 0 Å². The molecule has 0 saturated carbocycles. The molecule has 178 valence electrons. The fourth-order valence-corrected chi connectivity index (χ4v) is 3.82. The second-order valence-electron chi connectivity index (χ2n) is 8.86. The van der Waals surface area contributed by atoms with Gasteiger partial charge in [0.2, 0.25) is 5.91 Å². The molecule has 0 aromatic heterocycles. The Bertz CT molecular complexity index is 951. The van der Waals surface area contributed by atoms with E-state index in [1.54, 1.807) is 31.4 Å². The van der Waals surface area contributed by atoms with Crippen molar-refractivity contribution < 1.29 is 19.1 Å². The minimum absolute atomic E-state index is 0.000810. The number of benzene rings is 2. The molecule has 2 aromatic rings. The first kappa shape index (κ1) is 24.6. The minimum atomic E-state index is -0.134. The van der Waals surface area contributed by atoms with Crippen LogP contribution in [0.1, 0.15) is 49.5 Å². The standard InChI is InChI=1S/C26H35N3O4/c1-18(2)28(4)17-20-6-11-24(32-5)25(16-20)33-23-12-14-29(15-13-23)26(31)21-7-9-22(10-8-21)27-19(3)30/h6-11,16,18,23H,12-15,17H2,1-5H3,(H,27,30). The lowest BCUT2D eigenvalue weighted by Crippen LogP contribution is -2.41. The largest absolute Gasteiger partial charge is 0.493 e. The van der Waals surface area contributed by atoms with Gasteiger partial charge in [0.25, 0.3) is 5.91 Å². The summed E-state index contributed by atoms with van der Waals surface area (Å²) < 4.78 is 11.8. The van der Waals surface area contributed by atoms with Crippen LogP contribution in [0.4, 0.5) is 5.69 Å². The summed E-state index contributed by atoms with van der Waals surface area (Å²) in [5.74, 6) is 1.35. The fourth-order valence-electron chi connectivity index (χ4n) is 3.82.